The lowest BCUT2D eigenvalue weighted by molar-refractivity contribution is -0.339. The van der Waals surface area contributed by atoms with Gasteiger partial charge in [0.15, 0.2) is 23.9 Å². The Morgan fingerprint density at radius 1 is 1.19 bits per heavy atom. The van der Waals surface area contributed by atoms with E-state index in [4.69, 9.17) is 4.74 Å². The Morgan fingerprint density at radius 2 is 1.88 bits per heavy atom. The number of ether oxygens (including phenoxy) is 1. The molecule has 32 heavy (non-hydrogen) atoms. The third-order valence-corrected chi connectivity index (χ3v) is 7.63. The van der Waals surface area contributed by atoms with E-state index in [2.05, 4.69) is 33.4 Å². The highest BCUT2D eigenvalue weighted by atomic mass is 31.3. The van der Waals surface area contributed by atoms with Gasteiger partial charge in [0.2, 0.25) is 0 Å². The number of rotatable bonds is 9. The summed E-state index contributed by atoms with van der Waals surface area (Å²) in [4.78, 5) is 55.3. The fourth-order valence-electron chi connectivity index (χ4n) is 2.73. The number of aliphatic hydroxyl groups is 1. The molecule has 3 rings (SSSR count). The zero-order chi connectivity index (χ0) is 23.9. The van der Waals surface area contributed by atoms with Gasteiger partial charge >= 0.3 is 0 Å². The van der Waals surface area contributed by atoms with Crippen molar-refractivity contribution < 1.29 is 60.6 Å². The van der Waals surface area contributed by atoms with E-state index in [9.17, 15) is 42.8 Å². The van der Waals surface area contributed by atoms with E-state index in [0.717, 1.165) is 17.2 Å². The van der Waals surface area contributed by atoms with Crippen molar-refractivity contribution in [3.63, 3.8) is 0 Å². The third kappa shape index (κ3) is 5.75. The predicted molar refractivity (Wildman–Crippen MR) is 90.6 cm³/mol. The van der Waals surface area contributed by atoms with Crippen molar-refractivity contribution in [2.24, 2.45) is 0 Å². The Kier molecular flexibility index (Phi) is 7.18. The van der Waals surface area contributed by atoms with Gasteiger partial charge in [-0.05, 0) is 0 Å². The summed E-state index contributed by atoms with van der Waals surface area (Å²) >= 11 is 0. The fraction of sp³-hybridized carbons (Fsp3) is 0.545. The molecule has 180 valence electrons. The lowest BCUT2D eigenvalue weighted by atomic mass is 10.1. The molecule has 2 aromatic rings. The molecule has 1 fully saturated rings. The highest BCUT2D eigenvalue weighted by Gasteiger charge is 2.46. The van der Waals surface area contributed by atoms with E-state index < -0.39 is 54.7 Å². The Morgan fingerprint density at radius 3 is 2.50 bits per heavy atom. The molecular formula is C11H13FN5O12P3-4. The molecular weight excluding hydrogens is 506 g/mol. The summed E-state index contributed by atoms with van der Waals surface area (Å²) in [5.41, 5.74) is 0.366. The quantitative estimate of drug-likeness (QED) is 0.319. The number of alkyl halides is 1. The van der Waals surface area contributed by atoms with Crippen LogP contribution in [0.5, 0.6) is 0 Å². The first kappa shape index (κ1) is 25.2. The van der Waals surface area contributed by atoms with Gasteiger partial charge in [0.05, 0.1) is 20.8 Å². The van der Waals surface area contributed by atoms with E-state index in [-0.39, 0.29) is 11.2 Å². The Balaban J connectivity index is 1.70. The molecule has 2 N–H and O–H groups in total. The molecule has 0 radical (unpaired) electrons. The average Bonchev–Trinajstić information content (AvgIpc) is 3.19. The lowest BCUT2D eigenvalue weighted by Gasteiger charge is -2.37. The van der Waals surface area contributed by atoms with Crippen LogP contribution in [0.1, 0.15) is 6.23 Å². The number of phosphoric ester groups is 1. The van der Waals surface area contributed by atoms with Gasteiger partial charge in [0.25, 0.3) is 15.6 Å². The molecule has 1 aliphatic heterocycles. The maximum absolute atomic E-state index is 14.7. The molecule has 17 nitrogen and oxygen atoms in total. The molecule has 0 aliphatic carbocycles. The number of aliphatic hydroxyl groups excluding tert-OH is 1. The van der Waals surface area contributed by atoms with Crippen LogP contribution in [0.15, 0.2) is 12.7 Å². The highest BCUT2D eigenvalue weighted by molar-refractivity contribution is 7.64. The monoisotopic (exact) mass is 519 g/mol. The Hall–Kier alpha value is -1.39. The molecule has 1 saturated heterocycles. The second kappa shape index (κ2) is 9.10. The zero-order valence-electron chi connectivity index (χ0n) is 15.6. The number of hydrogen-bond acceptors (Lipinski definition) is 16. The van der Waals surface area contributed by atoms with Crippen LogP contribution < -0.4 is 24.9 Å². The van der Waals surface area contributed by atoms with E-state index in [1.807, 2.05) is 0 Å². The first-order valence-electron chi connectivity index (χ1n) is 8.27. The van der Waals surface area contributed by atoms with Crippen LogP contribution in [0.25, 0.3) is 11.2 Å². The second-order valence-corrected chi connectivity index (χ2v) is 10.3. The fourth-order valence-corrected chi connectivity index (χ4v) is 5.60. The average molecular weight is 519 g/mol. The topological polar surface area (TPSA) is 256 Å². The smallest absolute Gasteiger partial charge is 0.278 e. The standard InChI is InChI=1S/C11H17FN5O12P3/c1-13-9-7-10(15-3-14-9)17(4-16-7)11-6(12)8(18)5(27-11)2-26-31(22,23)29-32(24,25)28-30(19,20)21/h3-6,8,11,18H,2H2,1H3,(H,22,23)(H,24,25)(H,13,14,15)(H2,19,20,21)/p-4/t5-,6+,8?,11-/m1/s1. The Labute approximate surface area is 177 Å². The van der Waals surface area contributed by atoms with Gasteiger partial charge in [-0.3, -0.25) is 18.0 Å². The molecule has 0 aromatic carbocycles. The number of nitrogens with one attached hydrogen (secondary N) is 1. The van der Waals surface area contributed by atoms with Crippen LogP contribution in [0, 0.1) is 0 Å². The third-order valence-electron chi connectivity index (χ3n) is 3.96. The summed E-state index contributed by atoms with van der Waals surface area (Å²) in [6.45, 7) is -1.14. The summed E-state index contributed by atoms with van der Waals surface area (Å²) in [5, 5.41) is 12.8. The van der Waals surface area contributed by atoms with Gasteiger partial charge < -0.3 is 43.8 Å². The maximum Gasteiger partial charge on any atom is 0.278 e. The molecule has 1 aliphatic rings. The molecule has 0 saturated carbocycles. The first-order chi connectivity index (χ1) is 14.7. The van der Waals surface area contributed by atoms with E-state index in [0.29, 0.717) is 5.82 Å². The van der Waals surface area contributed by atoms with Gasteiger partial charge in [-0.2, -0.15) is 0 Å². The number of aromatic nitrogens is 4. The van der Waals surface area contributed by atoms with E-state index >= 15 is 0 Å². The van der Waals surface area contributed by atoms with Crippen LogP contribution in [-0.2, 0) is 31.6 Å². The van der Waals surface area contributed by atoms with Crippen LogP contribution >= 0.6 is 23.5 Å². The molecule has 3 unspecified atom stereocenters. The summed E-state index contributed by atoms with van der Waals surface area (Å²) in [5.74, 6) is 0.317. The first-order valence-corrected chi connectivity index (χ1v) is 12.7. The largest absolute Gasteiger partial charge is 0.790 e. The molecule has 2 aromatic heterocycles. The number of anilines is 1. The van der Waals surface area contributed by atoms with Crippen molar-refractivity contribution >= 4 is 40.4 Å². The van der Waals surface area contributed by atoms with E-state index in [1.165, 1.54) is 0 Å². The van der Waals surface area contributed by atoms with Gasteiger partial charge in [0.1, 0.15) is 24.1 Å². The second-order valence-electron chi connectivity index (χ2n) is 6.10. The number of nitrogens with zero attached hydrogens (tertiary/aromatic N) is 4. The molecule has 0 bridgehead atoms. The predicted octanol–water partition coefficient (Wildman–Crippen LogP) is -2.72. The number of hydrogen-bond donors (Lipinski definition) is 2. The SMILES string of the molecule is CNc1ncnc2c1ncn2[C@@H]1O[C@H](COP(=O)([O-])OP(=O)([O-])OP(=O)([O-])[O-])C(O)[C@@H]1F. The molecule has 3 heterocycles. The van der Waals surface area contributed by atoms with Crippen LogP contribution in [-0.4, -0.2) is 56.7 Å². The minimum absolute atomic E-state index is 0.118. The summed E-state index contributed by atoms with van der Waals surface area (Å²) < 4.78 is 64.7. The van der Waals surface area contributed by atoms with Crippen molar-refractivity contribution in [2.45, 2.75) is 24.6 Å². The minimum Gasteiger partial charge on any atom is -0.790 e. The van der Waals surface area contributed by atoms with Crippen LogP contribution in [0.4, 0.5) is 10.2 Å². The number of phosphoric acid groups is 3. The lowest BCUT2D eigenvalue weighted by Crippen LogP contribution is -2.32. The maximum atomic E-state index is 14.7. The molecule has 6 atom stereocenters. The van der Waals surface area contributed by atoms with Crippen molar-refractivity contribution in [1.82, 2.24) is 19.5 Å². The number of fused-ring (bicyclic) bond motifs is 1. The summed E-state index contributed by atoms with van der Waals surface area (Å²) in [7, 11) is -16.6. The number of imidazole rings is 1. The van der Waals surface area contributed by atoms with Gasteiger partial charge in [0, 0.05) is 7.05 Å². The summed E-state index contributed by atoms with van der Waals surface area (Å²) in [6, 6.07) is 0. The van der Waals surface area contributed by atoms with Gasteiger partial charge in [-0.25, -0.2) is 23.7 Å². The van der Waals surface area contributed by atoms with Gasteiger partial charge in [-0.15, -0.1) is 0 Å². The molecule has 21 heteroatoms. The Bertz CT molecular complexity index is 1130. The summed E-state index contributed by atoms with van der Waals surface area (Å²) in [6.07, 6.45) is -4.95. The molecule has 0 amide bonds. The number of halogens is 1. The van der Waals surface area contributed by atoms with E-state index in [1.54, 1.807) is 7.05 Å². The molecule has 0 spiro atoms. The van der Waals surface area contributed by atoms with Gasteiger partial charge in [-0.1, -0.05) is 0 Å². The minimum atomic E-state index is -6.16. The van der Waals surface area contributed by atoms with Crippen molar-refractivity contribution in [1.29, 1.82) is 0 Å². The normalized spacial score (nSPS) is 27.8. The van der Waals surface area contributed by atoms with Crippen molar-refractivity contribution in [3.8, 4) is 0 Å². The van der Waals surface area contributed by atoms with Crippen molar-refractivity contribution in [3.05, 3.63) is 12.7 Å². The van der Waals surface area contributed by atoms with Crippen LogP contribution in [0.2, 0.25) is 0 Å². The van der Waals surface area contributed by atoms with Crippen LogP contribution in [0.3, 0.4) is 0 Å². The zero-order valence-corrected chi connectivity index (χ0v) is 18.3. The highest BCUT2D eigenvalue weighted by Crippen LogP contribution is 2.60. The van der Waals surface area contributed by atoms with Crippen molar-refractivity contribution in [2.75, 3.05) is 19.0 Å².